The van der Waals surface area contributed by atoms with Crippen molar-refractivity contribution in [1.29, 1.82) is 0 Å². The first-order valence-corrected chi connectivity index (χ1v) is 8.00. The van der Waals surface area contributed by atoms with Crippen LogP contribution < -0.4 is 0 Å². The number of ether oxygens (including phenoxy) is 1. The van der Waals surface area contributed by atoms with Gasteiger partial charge in [0, 0.05) is 28.6 Å². The fourth-order valence-electron chi connectivity index (χ4n) is 2.84. The third kappa shape index (κ3) is 3.45. The Hall–Kier alpha value is -2.55. The molecule has 0 radical (unpaired) electrons. The van der Waals surface area contributed by atoms with E-state index in [0.29, 0.717) is 19.4 Å². The van der Waals surface area contributed by atoms with E-state index >= 15 is 0 Å². The molecular weight excluding hydrogens is 286 g/mol. The molecule has 0 aliphatic heterocycles. The van der Waals surface area contributed by atoms with Crippen molar-refractivity contribution in [2.24, 2.45) is 0 Å². The molecule has 0 amide bonds. The van der Waals surface area contributed by atoms with Crippen molar-refractivity contribution >= 4 is 16.9 Å². The molecule has 118 valence electrons. The summed E-state index contributed by atoms with van der Waals surface area (Å²) in [6.07, 6.45) is 1.13. The van der Waals surface area contributed by atoms with Gasteiger partial charge in [-0.3, -0.25) is 4.79 Å². The van der Waals surface area contributed by atoms with Crippen LogP contribution in [0.4, 0.5) is 0 Å². The Morgan fingerprint density at radius 2 is 1.96 bits per heavy atom. The maximum absolute atomic E-state index is 11.5. The minimum absolute atomic E-state index is 0.137. The molecule has 1 aromatic heterocycles. The van der Waals surface area contributed by atoms with E-state index in [1.807, 2.05) is 6.92 Å². The standard InChI is InChI=1S/C20H21NO2/c1-3-23-20(22)11-9-15-8-10-18-16(12-15)13-19(21-18)17-7-5-4-6-14(17)2/h4-8,10,12-13,21H,3,9,11H2,1-2H3. The second-order valence-corrected chi connectivity index (χ2v) is 5.72. The smallest absolute Gasteiger partial charge is 0.306 e. The zero-order valence-electron chi connectivity index (χ0n) is 13.6. The number of aromatic nitrogens is 1. The molecule has 3 heteroatoms. The molecule has 0 aliphatic carbocycles. The van der Waals surface area contributed by atoms with E-state index in [0.717, 1.165) is 16.8 Å². The molecule has 2 aromatic carbocycles. The molecule has 3 rings (SSSR count). The molecule has 0 aliphatic rings. The summed E-state index contributed by atoms with van der Waals surface area (Å²) in [6.45, 7) is 4.39. The topological polar surface area (TPSA) is 42.1 Å². The molecular formula is C20H21NO2. The van der Waals surface area contributed by atoms with Gasteiger partial charge in [-0.25, -0.2) is 0 Å². The van der Waals surface area contributed by atoms with Gasteiger partial charge in [0.1, 0.15) is 0 Å². The summed E-state index contributed by atoms with van der Waals surface area (Å²) >= 11 is 0. The van der Waals surface area contributed by atoms with Gasteiger partial charge in [0.25, 0.3) is 0 Å². The van der Waals surface area contributed by atoms with Crippen LogP contribution in [-0.2, 0) is 16.0 Å². The summed E-state index contributed by atoms with van der Waals surface area (Å²) < 4.78 is 4.98. The highest BCUT2D eigenvalue weighted by molar-refractivity contribution is 5.87. The fourth-order valence-corrected chi connectivity index (χ4v) is 2.84. The Labute approximate surface area is 136 Å². The predicted octanol–water partition coefficient (Wildman–Crippen LogP) is 4.64. The zero-order chi connectivity index (χ0) is 16.2. The SMILES string of the molecule is CCOC(=O)CCc1ccc2[nH]c(-c3ccccc3C)cc2c1. The van der Waals surface area contributed by atoms with Crippen molar-refractivity contribution in [2.45, 2.75) is 26.7 Å². The molecule has 0 saturated carbocycles. The zero-order valence-corrected chi connectivity index (χ0v) is 13.6. The van der Waals surface area contributed by atoms with Gasteiger partial charge in [0.15, 0.2) is 0 Å². The van der Waals surface area contributed by atoms with E-state index in [1.165, 1.54) is 16.5 Å². The van der Waals surface area contributed by atoms with E-state index in [4.69, 9.17) is 4.74 Å². The third-order valence-electron chi connectivity index (χ3n) is 4.04. The largest absolute Gasteiger partial charge is 0.466 e. The Kier molecular flexibility index (Phi) is 4.47. The fraction of sp³-hybridized carbons (Fsp3) is 0.250. The second kappa shape index (κ2) is 6.69. The van der Waals surface area contributed by atoms with Crippen molar-refractivity contribution in [1.82, 2.24) is 4.98 Å². The lowest BCUT2D eigenvalue weighted by Gasteiger charge is -2.02. The number of H-pyrrole nitrogens is 1. The van der Waals surface area contributed by atoms with Gasteiger partial charge >= 0.3 is 5.97 Å². The molecule has 1 N–H and O–H groups in total. The average Bonchev–Trinajstić information content (AvgIpc) is 2.96. The Bertz CT molecular complexity index is 833. The Balaban J connectivity index is 1.84. The van der Waals surface area contributed by atoms with Gasteiger partial charge in [0.05, 0.1) is 6.61 Å². The van der Waals surface area contributed by atoms with Gasteiger partial charge < -0.3 is 9.72 Å². The number of aryl methyl sites for hydroxylation is 2. The summed E-state index contributed by atoms with van der Waals surface area (Å²) in [5.74, 6) is -0.137. The first kappa shape index (κ1) is 15.3. The third-order valence-corrected chi connectivity index (χ3v) is 4.04. The van der Waals surface area contributed by atoms with E-state index in [9.17, 15) is 4.79 Å². The number of hydrogen-bond donors (Lipinski definition) is 1. The van der Waals surface area contributed by atoms with Crippen LogP contribution in [0.1, 0.15) is 24.5 Å². The minimum atomic E-state index is -0.137. The number of hydrogen-bond acceptors (Lipinski definition) is 2. The molecule has 0 atom stereocenters. The van der Waals surface area contributed by atoms with E-state index in [-0.39, 0.29) is 5.97 Å². The molecule has 0 fully saturated rings. The van der Waals surface area contributed by atoms with Crippen LogP contribution in [0.2, 0.25) is 0 Å². The molecule has 0 unspecified atom stereocenters. The highest BCUT2D eigenvalue weighted by Crippen LogP contribution is 2.27. The van der Waals surface area contributed by atoms with Crippen molar-refractivity contribution in [3.63, 3.8) is 0 Å². The number of benzene rings is 2. The normalized spacial score (nSPS) is 10.9. The molecule has 1 heterocycles. The first-order chi connectivity index (χ1) is 11.2. The number of esters is 1. The number of nitrogens with one attached hydrogen (secondary N) is 1. The first-order valence-electron chi connectivity index (χ1n) is 8.00. The summed E-state index contributed by atoms with van der Waals surface area (Å²) in [5, 5.41) is 1.17. The highest BCUT2D eigenvalue weighted by Gasteiger charge is 2.07. The van der Waals surface area contributed by atoms with Gasteiger partial charge in [-0.2, -0.15) is 0 Å². The van der Waals surface area contributed by atoms with Crippen LogP contribution in [0.25, 0.3) is 22.2 Å². The molecule has 3 nitrogen and oxygen atoms in total. The summed E-state index contributed by atoms with van der Waals surface area (Å²) in [5.41, 5.74) is 5.86. The minimum Gasteiger partial charge on any atom is -0.466 e. The van der Waals surface area contributed by atoms with Crippen molar-refractivity contribution in [3.05, 3.63) is 59.7 Å². The second-order valence-electron chi connectivity index (χ2n) is 5.72. The van der Waals surface area contributed by atoms with Crippen LogP contribution in [0.3, 0.4) is 0 Å². The number of carbonyl (C=O) groups excluding carboxylic acids is 1. The van der Waals surface area contributed by atoms with E-state index in [1.54, 1.807) is 0 Å². The van der Waals surface area contributed by atoms with Crippen molar-refractivity contribution < 1.29 is 9.53 Å². The summed E-state index contributed by atoms with van der Waals surface area (Å²) in [7, 11) is 0. The maximum atomic E-state index is 11.5. The van der Waals surface area contributed by atoms with E-state index in [2.05, 4.69) is 60.4 Å². The molecule has 0 bridgehead atoms. The molecule has 0 spiro atoms. The molecule has 0 saturated heterocycles. The van der Waals surface area contributed by atoms with Crippen LogP contribution in [0.15, 0.2) is 48.5 Å². The van der Waals surface area contributed by atoms with Gasteiger partial charge in [-0.1, -0.05) is 30.3 Å². The molecule has 3 aromatic rings. The molecule has 23 heavy (non-hydrogen) atoms. The number of rotatable bonds is 5. The maximum Gasteiger partial charge on any atom is 0.306 e. The van der Waals surface area contributed by atoms with Crippen LogP contribution in [-0.4, -0.2) is 17.6 Å². The Morgan fingerprint density at radius 1 is 1.13 bits per heavy atom. The van der Waals surface area contributed by atoms with Gasteiger partial charge in [-0.05, 0) is 49.6 Å². The number of fused-ring (bicyclic) bond motifs is 1. The van der Waals surface area contributed by atoms with Crippen LogP contribution in [0, 0.1) is 6.92 Å². The quantitative estimate of drug-likeness (QED) is 0.698. The van der Waals surface area contributed by atoms with Gasteiger partial charge in [0.2, 0.25) is 0 Å². The van der Waals surface area contributed by atoms with E-state index < -0.39 is 0 Å². The van der Waals surface area contributed by atoms with Crippen molar-refractivity contribution in [3.8, 4) is 11.3 Å². The summed E-state index contributed by atoms with van der Waals surface area (Å²) in [4.78, 5) is 15.0. The summed E-state index contributed by atoms with van der Waals surface area (Å²) in [6, 6.07) is 16.8. The lowest BCUT2D eigenvalue weighted by molar-refractivity contribution is -0.143. The lowest BCUT2D eigenvalue weighted by atomic mass is 10.1. The Morgan fingerprint density at radius 3 is 2.74 bits per heavy atom. The van der Waals surface area contributed by atoms with Gasteiger partial charge in [-0.15, -0.1) is 0 Å². The van der Waals surface area contributed by atoms with Crippen LogP contribution in [0.5, 0.6) is 0 Å². The number of carbonyl (C=O) groups is 1. The average molecular weight is 307 g/mol. The lowest BCUT2D eigenvalue weighted by Crippen LogP contribution is -2.04. The van der Waals surface area contributed by atoms with Crippen molar-refractivity contribution in [2.75, 3.05) is 6.61 Å². The monoisotopic (exact) mass is 307 g/mol. The number of aromatic amines is 1. The predicted molar refractivity (Wildman–Crippen MR) is 93.4 cm³/mol. The van der Waals surface area contributed by atoms with Crippen LogP contribution >= 0.6 is 0 Å². The highest BCUT2D eigenvalue weighted by atomic mass is 16.5.